The Morgan fingerprint density at radius 1 is 1.17 bits per heavy atom. The lowest BCUT2D eigenvalue weighted by Gasteiger charge is -2.18. The second-order valence-corrected chi connectivity index (χ2v) is 8.15. The highest BCUT2D eigenvalue weighted by Crippen LogP contribution is 2.40. The van der Waals surface area contributed by atoms with E-state index in [1.54, 1.807) is 13.8 Å². The minimum atomic E-state index is -1.03. The number of ether oxygens (including phenoxy) is 1. The third-order valence-corrected chi connectivity index (χ3v) is 6.17. The summed E-state index contributed by atoms with van der Waals surface area (Å²) in [5.74, 6) is -2.66. The molecule has 1 atom stereocenters. The van der Waals surface area contributed by atoms with E-state index in [1.807, 2.05) is 0 Å². The molecule has 1 aliphatic heterocycles. The SMILES string of the molecule is CCOC(=O)c1c(NC(=O)CN2C(=O)C(=O)N(CC)C2=O)sc2c1CC[C@@H](C)C2. The number of anilines is 1. The summed E-state index contributed by atoms with van der Waals surface area (Å²) in [6.45, 7) is 5.06. The highest BCUT2D eigenvalue weighted by atomic mass is 32.1. The fourth-order valence-corrected chi connectivity index (χ4v) is 4.95. The second kappa shape index (κ2) is 8.32. The van der Waals surface area contributed by atoms with Gasteiger partial charge in [0.2, 0.25) is 5.91 Å². The van der Waals surface area contributed by atoms with Crippen LogP contribution in [-0.2, 0) is 32.0 Å². The number of hydrogen-bond acceptors (Lipinski definition) is 7. The summed E-state index contributed by atoms with van der Waals surface area (Å²) in [6, 6.07) is -0.817. The number of imide groups is 2. The molecular weight excluding hydrogens is 398 g/mol. The van der Waals surface area contributed by atoms with Gasteiger partial charge >= 0.3 is 23.8 Å². The van der Waals surface area contributed by atoms with Gasteiger partial charge in [0, 0.05) is 11.4 Å². The van der Waals surface area contributed by atoms with Gasteiger partial charge < -0.3 is 10.1 Å². The van der Waals surface area contributed by atoms with E-state index < -0.39 is 36.3 Å². The van der Waals surface area contributed by atoms with Gasteiger partial charge in [0.15, 0.2) is 0 Å². The highest BCUT2D eigenvalue weighted by molar-refractivity contribution is 7.17. The summed E-state index contributed by atoms with van der Waals surface area (Å²) >= 11 is 1.31. The molecule has 1 saturated heterocycles. The van der Waals surface area contributed by atoms with Gasteiger partial charge in [-0.3, -0.25) is 19.3 Å². The zero-order valence-corrected chi connectivity index (χ0v) is 17.4. The first-order chi connectivity index (χ1) is 13.8. The lowest BCUT2D eigenvalue weighted by Crippen LogP contribution is -2.39. The zero-order chi connectivity index (χ0) is 21.3. The summed E-state index contributed by atoms with van der Waals surface area (Å²) in [4.78, 5) is 63.4. The van der Waals surface area contributed by atoms with Crippen molar-refractivity contribution in [2.45, 2.75) is 40.0 Å². The summed E-state index contributed by atoms with van der Waals surface area (Å²) in [5.41, 5.74) is 1.24. The Labute approximate surface area is 172 Å². The highest BCUT2D eigenvalue weighted by Gasteiger charge is 2.44. The molecule has 29 heavy (non-hydrogen) atoms. The van der Waals surface area contributed by atoms with Crippen molar-refractivity contribution in [3.8, 4) is 0 Å². The average Bonchev–Trinajstić information content (AvgIpc) is 3.11. The van der Waals surface area contributed by atoms with Gasteiger partial charge in [0.05, 0.1) is 12.2 Å². The van der Waals surface area contributed by atoms with Gasteiger partial charge in [-0.25, -0.2) is 14.5 Å². The van der Waals surface area contributed by atoms with Crippen LogP contribution in [0.4, 0.5) is 9.80 Å². The zero-order valence-electron chi connectivity index (χ0n) is 16.6. The molecule has 0 saturated carbocycles. The molecule has 0 radical (unpaired) electrons. The molecule has 2 aliphatic rings. The quantitative estimate of drug-likeness (QED) is 0.426. The van der Waals surface area contributed by atoms with Crippen LogP contribution in [-0.4, -0.2) is 59.2 Å². The normalized spacial score (nSPS) is 18.9. The first-order valence-electron chi connectivity index (χ1n) is 9.57. The molecule has 156 valence electrons. The van der Waals surface area contributed by atoms with E-state index >= 15 is 0 Å². The van der Waals surface area contributed by atoms with Crippen LogP contribution in [0.15, 0.2) is 0 Å². The number of fused-ring (bicyclic) bond motifs is 1. The van der Waals surface area contributed by atoms with Crippen molar-refractivity contribution >= 4 is 46.1 Å². The number of likely N-dealkylation sites (N-methyl/N-ethyl adjacent to an activating group) is 1. The topological polar surface area (TPSA) is 113 Å². The van der Waals surface area contributed by atoms with Crippen molar-refractivity contribution in [2.24, 2.45) is 5.92 Å². The van der Waals surface area contributed by atoms with Crippen LogP contribution < -0.4 is 5.32 Å². The summed E-state index contributed by atoms with van der Waals surface area (Å²) in [7, 11) is 0. The average molecular weight is 421 g/mol. The Morgan fingerprint density at radius 2 is 1.86 bits per heavy atom. The molecule has 1 aliphatic carbocycles. The van der Waals surface area contributed by atoms with Crippen LogP contribution in [0.3, 0.4) is 0 Å². The minimum Gasteiger partial charge on any atom is -0.462 e. The molecule has 0 bridgehead atoms. The third-order valence-electron chi connectivity index (χ3n) is 5.00. The first-order valence-corrected chi connectivity index (χ1v) is 10.4. The molecule has 1 N–H and O–H groups in total. The predicted molar refractivity (Wildman–Crippen MR) is 105 cm³/mol. The van der Waals surface area contributed by atoms with E-state index in [4.69, 9.17) is 4.74 Å². The van der Waals surface area contributed by atoms with Crippen molar-refractivity contribution in [2.75, 3.05) is 25.0 Å². The summed E-state index contributed by atoms with van der Waals surface area (Å²) in [6.07, 6.45) is 2.47. The Bertz CT molecular complexity index is 893. The predicted octanol–water partition coefficient (Wildman–Crippen LogP) is 1.80. The lowest BCUT2D eigenvalue weighted by molar-refractivity contribution is -0.143. The van der Waals surface area contributed by atoms with Crippen LogP contribution in [0.2, 0.25) is 0 Å². The molecule has 9 nitrogen and oxygen atoms in total. The summed E-state index contributed by atoms with van der Waals surface area (Å²) in [5, 5.41) is 2.99. The van der Waals surface area contributed by atoms with E-state index in [1.165, 1.54) is 11.3 Å². The van der Waals surface area contributed by atoms with Gasteiger partial charge in [-0.05, 0) is 44.6 Å². The van der Waals surface area contributed by atoms with Crippen LogP contribution in [0, 0.1) is 5.92 Å². The molecule has 10 heteroatoms. The van der Waals surface area contributed by atoms with E-state index in [9.17, 15) is 24.0 Å². The van der Waals surface area contributed by atoms with E-state index in [-0.39, 0.29) is 13.2 Å². The number of hydrogen-bond donors (Lipinski definition) is 1. The number of carbonyl (C=O) groups is 5. The Kier molecular flexibility index (Phi) is 6.02. The van der Waals surface area contributed by atoms with Crippen LogP contribution in [0.1, 0.15) is 48.0 Å². The largest absolute Gasteiger partial charge is 0.462 e. The molecule has 0 aromatic carbocycles. The Hall–Kier alpha value is -2.75. The van der Waals surface area contributed by atoms with Gasteiger partial charge in [-0.15, -0.1) is 11.3 Å². The Morgan fingerprint density at radius 3 is 2.48 bits per heavy atom. The smallest absolute Gasteiger partial charge is 0.341 e. The van der Waals surface area contributed by atoms with E-state index in [0.717, 1.165) is 34.6 Å². The van der Waals surface area contributed by atoms with Crippen LogP contribution in [0.5, 0.6) is 0 Å². The molecule has 0 unspecified atom stereocenters. The van der Waals surface area contributed by atoms with Crippen molar-refractivity contribution < 1.29 is 28.7 Å². The Balaban J connectivity index is 1.81. The fraction of sp³-hybridized carbons (Fsp3) is 0.526. The van der Waals surface area contributed by atoms with Crippen molar-refractivity contribution in [3.63, 3.8) is 0 Å². The second-order valence-electron chi connectivity index (χ2n) is 7.05. The number of esters is 1. The van der Waals surface area contributed by atoms with E-state index in [0.29, 0.717) is 21.4 Å². The van der Waals surface area contributed by atoms with Crippen LogP contribution >= 0.6 is 11.3 Å². The van der Waals surface area contributed by atoms with Gasteiger partial charge in [0.25, 0.3) is 0 Å². The number of rotatable bonds is 6. The fourth-order valence-electron chi connectivity index (χ4n) is 3.54. The first kappa shape index (κ1) is 21.0. The van der Waals surface area contributed by atoms with E-state index in [2.05, 4.69) is 12.2 Å². The maximum Gasteiger partial charge on any atom is 0.341 e. The van der Waals surface area contributed by atoms with Crippen molar-refractivity contribution in [1.29, 1.82) is 0 Å². The number of amides is 5. The number of nitrogens with zero attached hydrogens (tertiary/aromatic N) is 2. The van der Waals surface area contributed by atoms with Gasteiger partial charge in [-0.2, -0.15) is 0 Å². The maximum atomic E-state index is 12.5. The van der Waals surface area contributed by atoms with Crippen molar-refractivity contribution in [1.82, 2.24) is 9.80 Å². The number of thiophene rings is 1. The number of urea groups is 1. The monoisotopic (exact) mass is 421 g/mol. The minimum absolute atomic E-state index is 0.0460. The van der Waals surface area contributed by atoms with Crippen LogP contribution in [0.25, 0.3) is 0 Å². The molecule has 2 heterocycles. The van der Waals surface area contributed by atoms with Gasteiger partial charge in [-0.1, -0.05) is 6.92 Å². The maximum absolute atomic E-state index is 12.5. The molecule has 3 rings (SSSR count). The molecule has 0 spiro atoms. The summed E-state index contributed by atoms with van der Waals surface area (Å²) < 4.78 is 5.16. The number of nitrogens with one attached hydrogen (secondary N) is 1. The number of carbonyl (C=O) groups excluding carboxylic acids is 5. The van der Waals surface area contributed by atoms with Gasteiger partial charge in [0.1, 0.15) is 11.5 Å². The molecule has 1 fully saturated rings. The molecular formula is C19H23N3O6S. The standard InChI is InChI=1S/C19H23N3O6S/c1-4-21-16(24)17(25)22(19(21)27)9-13(23)20-15-14(18(26)28-5-2)11-7-6-10(3)8-12(11)29-15/h10H,4-9H2,1-3H3,(H,20,23)/t10-/m1/s1. The lowest BCUT2D eigenvalue weighted by atomic mass is 9.88. The molecule has 1 aromatic rings. The third kappa shape index (κ3) is 3.89. The van der Waals surface area contributed by atoms with Crippen molar-refractivity contribution in [3.05, 3.63) is 16.0 Å². The molecule has 1 aromatic heterocycles. The molecule has 5 amide bonds.